The van der Waals surface area contributed by atoms with E-state index in [2.05, 4.69) is 166 Å². The molecule has 0 amide bonds. The number of hydrogen-bond acceptors (Lipinski definition) is 1. The third-order valence-electron chi connectivity index (χ3n) is 11.4. The lowest BCUT2D eigenvalue weighted by Crippen LogP contribution is -2.15. The van der Waals surface area contributed by atoms with E-state index in [1.54, 1.807) is 0 Å². The first-order chi connectivity index (χ1) is 24.6. The number of rotatable bonds is 2. The molecule has 50 heavy (non-hydrogen) atoms. The van der Waals surface area contributed by atoms with Crippen LogP contribution in [-0.2, 0) is 5.41 Å². The second-order valence-corrected chi connectivity index (χ2v) is 14.4. The molecule has 11 rings (SSSR count). The minimum atomic E-state index is -0.162. The summed E-state index contributed by atoms with van der Waals surface area (Å²) in [4.78, 5) is 0. The molecule has 0 aliphatic heterocycles. The van der Waals surface area contributed by atoms with Crippen molar-refractivity contribution in [2.24, 2.45) is 0 Å². The van der Waals surface area contributed by atoms with E-state index in [4.69, 9.17) is 4.42 Å². The number of benzene rings is 9. The Morgan fingerprint density at radius 3 is 1.74 bits per heavy atom. The zero-order valence-corrected chi connectivity index (χ0v) is 27.9. The van der Waals surface area contributed by atoms with Gasteiger partial charge in [-0.1, -0.05) is 147 Å². The van der Waals surface area contributed by atoms with Crippen molar-refractivity contribution in [3.63, 3.8) is 0 Å². The molecule has 0 atom stereocenters. The molecule has 0 fully saturated rings. The summed E-state index contributed by atoms with van der Waals surface area (Å²) >= 11 is 0. The van der Waals surface area contributed by atoms with E-state index < -0.39 is 0 Å². The fourth-order valence-corrected chi connectivity index (χ4v) is 9.10. The summed E-state index contributed by atoms with van der Waals surface area (Å²) in [6, 6.07) is 58.3. The van der Waals surface area contributed by atoms with Gasteiger partial charge >= 0.3 is 0 Å². The van der Waals surface area contributed by atoms with Gasteiger partial charge in [0, 0.05) is 16.2 Å². The summed E-state index contributed by atoms with van der Waals surface area (Å²) < 4.78 is 6.35. The largest absolute Gasteiger partial charge is 0.456 e. The fraction of sp³-hybridized carbons (Fsp3) is 0.0612. The molecule has 1 aliphatic carbocycles. The lowest BCUT2D eigenvalue weighted by molar-refractivity contribution is 0.658. The monoisotopic (exact) mass is 636 g/mol. The first kappa shape index (κ1) is 27.7. The van der Waals surface area contributed by atoms with Crippen molar-refractivity contribution < 1.29 is 4.42 Å². The molecule has 0 spiro atoms. The Labute approximate surface area is 290 Å². The zero-order valence-electron chi connectivity index (χ0n) is 27.9. The highest BCUT2D eigenvalue weighted by molar-refractivity contribution is 6.25. The van der Waals surface area contributed by atoms with E-state index >= 15 is 0 Å². The fourth-order valence-electron chi connectivity index (χ4n) is 9.10. The molecular formula is C49H32O. The first-order valence-electron chi connectivity index (χ1n) is 17.5. The molecule has 1 aliphatic rings. The van der Waals surface area contributed by atoms with Crippen LogP contribution >= 0.6 is 0 Å². The first-order valence-corrected chi connectivity index (χ1v) is 17.5. The quantitative estimate of drug-likeness (QED) is 0.136. The van der Waals surface area contributed by atoms with Gasteiger partial charge in [-0.2, -0.15) is 0 Å². The van der Waals surface area contributed by atoms with Gasteiger partial charge in [0.25, 0.3) is 0 Å². The zero-order chi connectivity index (χ0) is 33.1. The summed E-state index contributed by atoms with van der Waals surface area (Å²) in [7, 11) is 0. The average molecular weight is 637 g/mol. The predicted molar refractivity (Wildman–Crippen MR) is 212 cm³/mol. The van der Waals surface area contributed by atoms with Gasteiger partial charge in [-0.15, -0.1) is 0 Å². The minimum Gasteiger partial charge on any atom is -0.456 e. The van der Waals surface area contributed by atoms with Gasteiger partial charge in [0.1, 0.15) is 11.2 Å². The van der Waals surface area contributed by atoms with Crippen LogP contribution in [0.5, 0.6) is 0 Å². The van der Waals surface area contributed by atoms with Crippen LogP contribution in [0.3, 0.4) is 0 Å². The third kappa shape index (κ3) is 3.67. The van der Waals surface area contributed by atoms with Crippen molar-refractivity contribution in [2.45, 2.75) is 19.3 Å². The van der Waals surface area contributed by atoms with Crippen molar-refractivity contribution in [1.82, 2.24) is 0 Å². The molecule has 234 valence electrons. The summed E-state index contributed by atoms with van der Waals surface area (Å²) in [6.45, 7) is 4.75. The Bertz CT molecular complexity index is 3010. The van der Waals surface area contributed by atoms with Crippen molar-refractivity contribution in [2.75, 3.05) is 0 Å². The summed E-state index contributed by atoms with van der Waals surface area (Å²) in [5.74, 6) is 0. The molecule has 0 saturated carbocycles. The van der Waals surface area contributed by atoms with Crippen LogP contribution in [-0.4, -0.2) is 0 Å². The number of para-hydroxylation sites is 1. The number of furan rings is 1. The molecule has 0 unspecified atom stereocenters. The molecule has 1 heterocycles. The van der Waals surface area contributed by atoms with E-state index in [9.17, 15) is 0 Å². The van der Waals surface area contributed by atoms with Crippen LogP contribution < -0.4 is 0 Å². The van der Waals surface area contributed by atoms with Crippen LogP contribution in [0, 0.1) is 0 Å². The highest BCUT2D eigenvalue weighted by atomic mass is 16.3. The smallest absolute Gasteiger partial charge is 0.136 e. The van der Waals surface area contributed by atoms with Gasteiger partial charge < -0.3 is 4.42 Å². The second kappa shape index (κ2) is 9.94. The lowest BCUT2D eigenvalue weighted by atomic mass is 9.80. The number of fused-ring (bicyclic) bond motifs is 11. The van der Waals surface area contributed by atoms with E-state index in [1.165, 1.54) is 98.4 Å². The maximum Gasteiger partial charge on any atom is 0.136 e. The lowest BCUT2D eigenvalue weighted by Gasteiger charge is -2.23. The molecule has 0 saturated heterocycles. The van der Waals surface area contributed by atoms with Crippen LogP contribution in [0.1, 0.15) is 25.0 Å². The van der Waals surface area contributed by atoms with Crippen LogP contribution in [0.25, 0.3) is 98.4 Å². The molecule has 0 bridgehead atoms. The van der Waals surface area contributed by atoms with Gasteiger partial charge in [-0.05, 0) is 112 Å². The number of hydrogen-bond donors (Lipinski definition) is 0. The van der Waals surface area contributed by atoms with Crippen LogP contribution in [0.15, 0.2) is 162 Å². The SMILES string of the molecule is CC1(C)c2cc(-c3c4ccccc4c(-c4cccc5c4ccc4ccccc45)c4ccccc34)ccc2-c2cc3oc4ccccc4c3cc21. The highest BCUT2D eigenvalue weighted by Crippen LogP contribution is 2.53. The van der Waals surface area contributed by atoms with Crippen LogP contribution in [0.4, 0.5) is 0 Å². The Morgan fingerprint density at radius 1 is 0.360 bits per heavy atom. The second-order valence-electron chi connectivity index (χ2n) is 14.4. The van der Waals surface area contributed by atoms with Crippen molar-refractivity contribution in [3.05, 3.63) is 169 Å². The maximum atomic E-state index is 6.35. The van der Waals surface area contributed by atoms with Crippen LogP contribution in [0.2, 0.25) is 0 Å². The standard InChI is InChI=1S/C49H32O/c1-49(2)43-26-30(23-25-34(43)41-28-46-42(27-44(41)49)35-14-9-10-21-45(35)50-46)47-37-15-5-7-17-39(37)48(40-18-8-6-16-38(40)47)36-20-11-19-32-31-13-4-3-12-29(31)22-24-33(32)36/h3-28H,1-2H3. The van der Waals surface area contributed by atoms with Gasteiger partial charge in [-0.25, -0.2) is 0 Å². The molecule has 0 radical (unpaired) electrons. The Balaban J connectivity index is 1.17. The predicted octanol–water partition coefficient (Wildman–Crippen LogP) is 13.8. The van der Waals surface area contributed by atoms with Crippen molar-refractivity contribution in [3.8, 4) is 33.4 Å². The molecule has 1 aromatic heterocycles. The normalized spacial score (nSPS) is 13.6. The maximum absolute atomic E-state index is 6.35. The topological polar surface area (TPSA) is 13.1 Å². The van der Waals surface area contributed by atoms with Gasteiger partial charge in [0.2, 0.25) is 0 Å². The van der Waals surface area contributed by atoms with Crippen molar-refractivity contribution >= 4 is 65.0 Å². The Morgan fingerprint density at radius 2 is 0.980 bits per heavy atom. The van der Waals surface area contributed by atoms with Gasteiger partial charge in [-0.3, -0.25) is 0 Å². The van der Waals surface area contributed by atoms with Gasteiger partial charge in [0.15, 0.2) is 0 Å². The molecule has 1 heteroatoms. The summed E-state index contributed by atoms with van der Waals surface area (Å²) in [5.41, 5.74) is 12.1. The molecule has 9 aromatic carbocycles. The van der Waals surface area contributed by atoms with E-state index in [-0.39, 0.29) is 5.41 Å². The summed E-state index contributed by atoms with van der Waals surface area (Å²) in [5, 5.41) is 12.6. The molecule has 10 aromatic rings. The van der Waals surface area contributed by atoms with E-state index in [0.29, 0.717) is 0 Å². The third-order valence-corrected chi connectivity index (χ3v) is 11.4. The highest BCUT2D eigenvalue weighted by Gasteiger charge is 2.37. The molecule has 0 N–H and O–H groups in total. The Hall–Kier alpha value is -6.18. The van der Waals surface area contributed by atoms with E-state index in [0.717, 1.165) is 11.2 Å². The average Bonchev–Trinajstić information content (AvgIpc) is 3.63. The summed E-state index contributed by atoms with van der Waals surface area (Å²) in [6.07, 6.45) is 0. The van der Waals surface area contributed by atoms with E-state index in [1.807, 2.05) is 6.07 Å². The molecule has 1 nitrogen and oxygen atoms in total. The Kier molecular flexibility index (Phi) is 5.51. The minimum absolute atomic E-state index is 0.162. The molecular weight excluding hydrogens is 605 g/mol. The van der Waals surface area contributed by atoms with Crippen molar-refractivity contribution in [1.29, 1.82) is 0 Å². The van der Waals surface area contributed by atoms with Gasteiger partial charge in [0.05, 0.1) is 0 Å².